The molecule has 0 aromatic rings. The quantitative estimate of drug-likeness (QED) is 0.461. The molecule has 1 aliphatic carbocycles. The number of aliphatic hydroxyl groups excluding tert-OH is 3. The van der Waals surface area contributed by atoms with Gasteiger partial charge in [-0.25, -0.2) is 0 Å². The van der Waals surface area contributed by atoms with Crippen LogP contribution in [0.4, 0.5) is 0 Å². The van der Waals surface area contributed by atoms with Crippen LogP contribution in [0.15, 0.2) is 0 Å². The molecule has 0 saturated heterocycles. The molecule has 1 fully saturated rings. The van der Waals surface area contributed by atoms with Crippen molar-refractivity contribution in [3.8, 4) is 0 Å². The molecule has 3 N–H and O–H groups in total. The van der Waals surface area contributed by atoms with Crippen molar-refractivity contribution in [2.45, 2.75) is 25.6 Å². The normalized spacial score (nSPS) is 48.0. The van der Waals surface area contributed by atoms with Crippen LogP contribution < -0.4 is 0 Å². The van der Waals surface area contributed by atoms with Crippen LogP contribution in [0, 0.1) is 11.8 Å². The topological polar surface area (TPSA) is 60.7 Å². The SMILES string of the molecule is C[C@@H]1C[C@@H](CO)C(O)[C@H]1O. The van der Waals surface area contributed by atoms with Gasteiger partial charge in [-0.2, -0.15) is 0 Å². The van der Waals surface area contributed by atoms with Gasteiger partial charge in [-0.05, 0) is 12.3 Å². The third-order valence-corrected chi connectivity index (χ3v) is 2.32. The Balaban J connectivity index is 2.53. The van der Waals surface area contributed by atoms with E-state index in [1.807, 2.05) is 6.92 Å². The molecule has 0 aromatic carbocycles. The zero-order valence-corrected chi connectivity index (χ0v) is 6.07. The van der Waals surface area contributed by atoms with Crippen LogP contribution in [0.1, 0.15) is 13.3 Å². The summed E-state index contributed by atoms with van der Waals surface area (Å²) >= 11 is 0. The van der Waals surface area contributed by atoms with Gasteiger partial charge in [0.05, 0.1) is 12.2 Å². The molecule has 1 unspecified atom stereocenters. The fourth-order valence-electron chi connectivity index (χ4n) is 1.55. The molecule has 3 heteroatoms. The molecule has 0 bridgehead atoms. The Kier molecular flexibility index (Phi) is 2.28. The second-order valence-corrected chi connectivity index (χ2v) is 3.14. The van der Waals surface area contributed by atoms with Gasteiger partial charge < -0.3 is 15.3 Å². The zero-order valence-electron chi connectivity index (χ0n) is 6.07. The van der Waals surface area contributed by atoms with Gasteiger partial charge in [-0.15, -0.1) is 0 Å². The molecule has 60 valence electrons. The average Bonchev–Trinajstić information content (AvgIpc) is 2.17. The van der Waals surface area contributed by atoms with Gasteiger partial charge in [0.15, 0.2) is 0 Å². The first-order chi connectivity index (χ1) is 4.66. The van der Waals surface area contributed by atoms with Crippen molar-refractivity contribution < 1.29 is 15.3 Å². The van der Waals surface area contributed by atoms with E-state index in [1.165, 1.54) is 0 Å². The number of hydrogen-bond donors (Lipinski definition) is 3. The molecule has 0 aliphatic heterocycles. The fourth-order valence-corrected chi connectivity index (χ4v) is 1.55. The first-order valence-electron chi connectivity index (χ1n) is 3.63. The summed E-state index contributed by atoms with van der Waals surface area (Å²) in [7, 11) is 0. The van der Waals surface area contributed by atoms with Gasteiger partial charge in [-0.3, -0.25) is 0 Å². The minimum Gasteiger partial charge on any atom is -0.396 e. The maximum Gasteiger partial charge on any atom is 0.0851 e. The smallest absolute Gasteiger partial charge is 0.0851 e. The predicted molar refractivity (Wildman–Crippen MR) is 36.4 cm³/mol. The summed E-state index contributed by atoms with van der Waals surface area (Å²) in [6.45, 7) is 1.85. The molecule has 1 saturated carbocycles. The highest BCUT2D eigenvalue weighted by Gasteiger charge is 2.38. The Morgan fingerprint density at radius 2 is 1.90 bits per heavy atom. The van der Waals surface area contributed by atoms with Gasteiger partial charge in [0, 0.05) is 12.5 Å². The van der Waals surface area contributed by atoms with Crippen molar-refractivity contribution in [1.82, 2.24) is 0 Å². The molecule has 0 spiro atoms. The summed E-state index contributed by atoms with van der Waals surface area (Å²) in [6, 6.07) is 0. The minimum absolute atomic E-state index is 0.0252. The minimum atomic E-state index is -0.722. The van der Waals surface area contributed by atoms with Crippen molar-refractivity contribution in [2.24, 2.45) is 11.8 Å². The number of aliphatic hydroxyl groups is 3. The lowest BCUT2D eigenvalue weighted by Crippen LogP contribution is -2.28. The van der Waals surface area contributed by atoms with Crippen LogP contribution >= 0.6 is 0 Å². The second kappa shape index (κ2) is 2.86. The van der Waals surface area contributed by atoms with Gasteiger partial charge in [-0.1, -0.05) is 6.92 Å². The highest BCUT2D eigenvalue weighted by Crippen LogP contribution is 2.30. The molecule has 0 amide bonds. The van der Waals surface area contributed by atoms with Crippen LogP contribution in [0.2, 0.25) is 0 Å². The van der Waals surface area contributed by atoms with Crippen LogP contribution in [-0.2, 0) is 0 Å². The summed E-state index contributed by atoms with van der Waals surface area (Å²) in [6.07, 6.45) is -0.643. The molecule has 0 aromatic heterocycles. The molecular weight excluding hydrogens is 132 g/mol. The molecule has 1 rings (SSSR count). The number of hydrogen-bond acceptors (Lipinski definition) is 3. The largest absolute Gasteiger partial charge is 0.396 e. The van der Waals surface area contributed by atoms with Crippen molar-refractivity contribution in [3.63, 3.8) is 0 Å². The molecule has 10 heavy (non-hydrogen) atoms. The summed E-state index contributed by atoms with van der Waals surface area (Å²) < 4.78 is 0. The van der Waals surface area contributed by atoms with E-state index in [-0.39, 0.29) is 18.4 Å². The predicted octanol–water partition coefficient (Wildman–Crippen LogP) is -0.643. The fraction of sp³-hybridized carbons (Fsp3) is 1.00. The van der Waals surface area contributed by atoms with E-state index in [4.69, 9.17) is 5.11 Å². The maximum absolute atomic E-state index is 9.22. The Bertz CT molecular complexity index is 115. The maximum atomic E-state index is 9.22. The van der Waals surface area contributed by atoms with E-state index < -0.39 is 12.2 Å². The lowest BCUT2D eigenvalue weighted by atomic mass is 10.1. The molecular formula is C7H14O3. The van der Waals surface area contributed by atoms with Gasteiger partial charge >= 0.3 is 0 Å². The Labute approximate surface area is 60.3 Å². The molecule has 4 atom stereocenters. The van der Waals surface area contributed by atoms with Crippen molar-refractivity contribution in [2.75, 3.05) is 6.61 Å². The van der Waals surface area contributed by atoms with Crippen LogP contribution in [0.3, 0.4) is 0 Å². The molecule has 1 aliphatic rings. The highest BCUT2D eigenvalue weighted by molar-refractivity contribution is 4.88. The van der Waals surface area contributed by atoms with Crippen LogP contribution in [-0.4, -0.2) is 34.1 Å². The second-order valence-electron chi connectivity index (χ2n) is 3.14. The van der Waals surface area contributed by atoms with E-state index in [0.29, 0.717) is 0 Å². The Morgan fingerprint density at radius 1 is 1.30 bits per heavy atom. The van der Waals surface area contributed by atoms with Crippen LogP contribution in [0.25, 0.3) is 0 Å². The van der Waals surface area contributed by atoms with E-state index in [1.54, 1.807) is 0 Å². The summed E-state index contributed by atoms with van der Waals surface area (Å²) in [5.41, 5.74) is 0. The zero-order chi connectivity index (χ0) is 7.72. The summed E-state index contributed by atoms with van der Waals surface area (Å²) in [5.74, 6) is -0.00264. The Hall–Kier alpha value is -0.120. The Morgan fingerprint density at radius 3 is 2.10 bits per heavy atom. The lowest BCUT2D eigenvalue weighted by molar-refractivity contribution is -0.00366. The van der Waals surface area contributed by atoms with E-state index in [9.17, 15) is 10.2 Å². The van der Waals surface area contributed by atoms with E-state index in [2.05, 4.69) is 0 Å². The van der Waals surface area contributed by atoms with E-state index in [0.717, 1.165) is 6.42 Å². The van der Waals surface area contributed by atoms with Crippen molar-refractivity contribution >= 4 is 0 Å². The summed E-state index contributed by atoms with van der Waals surface area (Å²) in [4.78, 5) is 0. The van der Waals surface area contributed by atoms with Crippen molar-refractivity contribution in [3.05, 3.63) is 0 Å². The summed E-state index contributed by atoms with van der Waals surface area (Å²) in [5, 5.41) is 27.1. The lowest BCUT2D eigenvalue weighted by Gasteiger charge is -2.13. The first-order valence-corrected chi connectivity index (χ1v) is 3.63. The first kappa shape index (κ1) is 7.98. The van der Waals surface area contributed by atoms with Gasteiger partial charge in [0.2, 0.25) is 0 Å². The van der Waals surface area contributed by atoms with E-state index >= 15 is 0 Å². The monoisotopic (exact) mass is 146 g/mol. The van der Waals surface area contributed by atoms with Crippen molar-refractivity contribution in [1.29, 1.82) is 0 Å². The third-order valence-electron chi connectivity index (χ3n) is 2.32. The molecule has 0 radical (unpaired) electrons. The van der Waals surface area contributed by atoms with Gasteiger partial charge in [0.25, 0.3) is 0 Å². The highest BCUT2D eigenvalue weighted by atomic mass is 16.3. The molecule has 3 nitrogen and oxygen atoms in total. The van der Waals surface area contributed by atoms with Crippen LogP contribution in [0.5, 0.6) is 0 Å². The number of rotatable bonds is 1. The third kappa shape index (κ3) is 1.17. The van der Waals surface area contributed by atoms with Gasteiger partial charge in [0.1, 0.15) is 0 Å². The molecule has 0 heterocycles. The average molecular weight is 146 g/mol. The standard InChI is InChI=1S/C7H14O3/c1-4-2-5(3-8)7(10)6(4)9/h4-10H,2-3H2,1H3/t4-,5+,6+,7?/m1/s1.